The summed E-state index contributed by atoms with van der Waals surface area (Å²) >= 11 is 0.524. The molecule has 4 saturated carbocycles. The van der Waals surface area contributed by atoms with E-state index in [2.05, 4.69) is 35.6 Å². The van der Waals surface area contributed by atoms with Gasteiger partial charge < -0.3 is 5.32 Å². The van der Waals surface area contributed by atoms with Crippen molar-refractivity contribution in [2.75, 3.05) is 5.32 Å². The summed E-state index contributed by atoms with van der Waals surface area (Å²) in [6, 6.07) is 17.5. The van der Waals surface area contributed by atoms with Gasteiger partial charge in [0.25, 0.3) is 5.76 Å². The zero-order valence-electron chi connectivity index (χ0n) is 16.2. The van der Waals surface area contributed by atoms with Gasteiger partial charge in [-0.25, -0.2) is 0 Å². The molecule has 152 valence electrons. The van der Waals surface area contributed by atoms with Crippen LogP contribution >= 0.6 is 11.8 Å². The van der Waals surface area contributed by atoms with E-state index in [1.807, 2.05) is 0 Å². The van der Waals surface area contributed by atoms with Gasteiger partial charge >= 0.3 is 0 Å². The number of alkyl halides is 2. The number of carbonyl (C=O) groups excluding carboxylic acids is 1. The molecule has 1 amide bonds. The third-order valence-corrected chi connectivity index (χ3v) is 7.99. The molecule has 6 rings (SSSR count). The van der Waals surface area contributed by atoms with E-state index in [-0.39, 0.29) is 16.7 Å². The molecule has 2 unspecified atom stereocenters. The van der Waals surface area contributed by atoms with Crippen molar-refractivity contribution in [3.05, 3.63) is 60.2 Å². The zero-order valence-corrected chi connectivity index (χ0v) is 17.1. The van der Waals surface area contributed by atoms with Gasteiger partial charge in [0, 0.05) is 10.6 Å². The van der Waals surface area contributed by atoms with E-state index < -0.39 is 5.76 Å². The van der Waals surface area contributed by atoms with Crippen LogP contribution in [0.3, 0.4) is 0 Å². The van der Waals surface area contributed by atoms with Gasteiger partial charge in [0.05, 0.1) is 5.41 Å². The maximum atomic E-state index is 13.5. The second-order valence-electron chi connectivity index (χ2n) is 9.24. The second kappa shape index (κ2) is 7.12. The van der Waals surface area contributed by atoms with Gasteiger partial charge in [-0.15, -0.1) is 0 Å². The van der Waals surface area contributed by atoms with E-state index in [9.17, 15) is 13.6 Å². The molecule has 4 aliphatic rings. The number of nitrogens with one attached hydrogen (secondary N) is 1. The van der Waals surface area contributed by atoms with Gasteiger partial charge in [-0.05, 0) is 85.6 Å². The van der Waals surface area contributed by atoms with Gasteiger partial charge in [0.1, 0.15) is 0 Å². The highest BCUT2D eigenvalue weighted by atomic mass is 32.2. The van der Waals surface area contributed by atoms with Crippen molar-refractivity contribution in [3.8, 4) is 0 Å². The number of anilines is 1. The molecule has 1 N–H and O–H groups in total. The van der Waals surface area contributed by atoms with Crippen molar-refractivity contribution in [2.45, 2.75) is 54.6 Å². The van der Waals surface area contributed by atoms with Gasteiger partial charge in [-0.2, -0.15) is 8.78 Å². The van der Waals surface area contributed by atoms with Crippen molar-refractivity contribution in [2.24, 2.45) is 17.3 Å². The topological polar surface area (TPSA) is 29.1 Å². The largest absolute Gasteiger partial charge is 0.326 e. The summed E-state index contributed by atoms with van der Waals surface area (Å²) in [6.45, 7) is 0. The normalized spacial score (nSPS) is 32.5. The molecule has 2 nitrogen and oxygen atoms in total. The molecule has 0 saturated heterocycles. The number of halogens is 2. The SMILES string of the molecule is O=C(Nc1ccc(SC(F)F)cc1)C12C[C@H]3C[C@@H](C1)CC(c1ccccc1)(C3)C2. The van der Waals surface area contributed by atoms with Crippen LogP contribution in [0, 0.1) is 17.3 Å². The number of carbonyl (C=O) groups is 1. The lowest BCUT2D eigenvalue weighted by atomic mass is 9.42. The Bertz CT molecular complexity index is 885. The van der Waals surface area contributed by atoms with Crippen LogP contribution in [0.4, 0.5) is 14.5 Å². The average Bonchev–Trinajstić information content (AvgIpc) is 2.69. The third-order valence-electron chi connectivity index (χ3n) is 7.27. The van der Waals surface area contributed by atoms with Crippen LogP contribution in [-0.4, -0.2) is 11.7 Å². The third kappa shape index (κ3) is 3.48. The van der Waals surface area contributed by atoms with Crippen molar-refractivity contribution in [3.63, 3.8) is 0 Å². The number of hydrogen-bond acceptors (Lipinski definition) is 2. The van der Waals surface area contributed by atoms with Gasteiger partial charge in [-0.1, -0.05) is 42.1 Å². The quantitative estimate of drug-likeness (QED) is 0.569. The molecule has 4 aliphatic carbocycles. The van der Waals surface area contributed by atoms with Crippen LogP contribution in [0.25, 0.3) is 0 Å². The Morgan fingerprint density at radius 3 is 2.24 bits per heavy atom. The molecule has 4 atom stereocenters. The van der Waals surface area contributed by atoms with Crippen LogP contribution in [0.5, 0.6) is 0 Å². The molecule has 0 spiro atoms. The molecule has 0 heterocycles. The first kappa shape index (κ1) is 19.1. The molecule has 0 aromatic heterocycles. The van der Waals surface area contributed by atoms with Crippen LogP contribution in [-0.2, 0) is 10.2 Å². The monoisotopic (exact) mass is 413 g/mol. The van der Waals surface area contributed by atoms with Crippen molar-refractivity contribution in [1.82, 2.24) is 0 Å². The standard InChI is InChI=1S/C24H25F2NOS/c25-22(26)29-20-8-6-19(7-9-20)27-21(28)24-13-16-10-17(14-24)12-23(11-16,15-24)18-4-2-1-3-5-18/h1-9,16-17,22H,10-15H2,(H,27,28)/t16-,17+,23?,24?. The first-order valence-electron chi connectivity index (χ1n) is 10.4. The van der Waals surface area contributed by atoms with Crippen LogP contribution in [0.2, 0.25) is 0 Å². The summed E-state index contributed by atoms with van der Waals surface area (Å²) < 4.78 is 25.0. The summed E-state index contributed by atoms with van der Waals surface area (Å²) in [5, 5.41) is 3.11. The minimum Gasteiger partial charge on any atom is -0.326 e. The molecule has 0 aliphatic heterocycles. The van der Waals surface area contributed by atoms with Crippen molar-refractivity contribution in [1.29, 1.82) is 0 Å². The van der Waals surface area contributed by atoms with Gasteiger partial charge in [-0.3, -0.25) is 4.79 Å². The molecule has 4 fully saturated rings. The molecule has 2 aromatic carbocycles. The first-order chi connectivity index (χ1) is 14.0. The molecule has 29 heavy (non-hydrogen) atoms. The highest BCUT2D eigenvalue weighted by molar-refractivity contribution is 7.99. The van der Waals surface area contributed by atoms with E-state index in [4.69, 9.17) is 0 Å². The van der Waals surface area contributed by atoms with E-state index in [1.54, 1.807) is 24.3 Å². The molecular formula is C24H25F2NOS. The maximum absolute atomic E-state index is 13.5. The highest BCUT2D eigenvalue weighted by Crippen LogP contribution is 2.65. The Hall–Kier alpha value is -1.88. The Morgan fingerprint density at radius 1 is 0.966 bits per heavy atom. The summed E-state index contributed by atoms with van der Waals surface area (Å²) in [6.07, 6.45) is 6.52. The minimum absolute atomic E-state index is 0.112. The Kier molecular flexibility index (Phi) is 4.69. The Morgan fingerprint density at radius 2 is 1.62 bits per heavy atom. The first-order valence-corrected chi connectivity index (χ1v) is 11.3. The van der Waals surface area contributed by atoms with Crippen LogP contribution < -0.4 is 5.32 Å². The lowest BCUT2D eigenvalue weighted by Crippen LogP contribution is -2.57. The van der Waals surface area contributed by atoms with Gasteiger partial charge in [0.15, 0.2) is 0 Å². The van der Waals surface area contributed by atoms with E-state index in [1.165, 1.54) is 24.8 Å². The molecular weight excluding hydrogens is 388 g/mol. The fourth-order valence-corrected chi connectivity index (χ4v) is 7.14. The number of benzene rings is 2. The smallest absolute Gasteiger partial charge is 0.288 e. The summed E-state index contributed by atoms with van der Waals surface area (Å²) in [5.41, 5.74) is 1.90. The minimum atomic E-state index is -2.43. The summed E-state index contributed by atoms with van der Waals surface area (Å²) in [4.78, 5) is 14.0. The van der Waals surface area contributed by atoms with Gasteiger partial charge in [0.2, 0.25) is 5.91 Å². The number of rotatable bonds is 5. The maximum Gasteiger partial charge on any atom is 0.288 e. The Labute approximate surface area is 174 Å². The number of thioether (sulfide) groups is 1. The number of amides is 1. The van der Waals surface area contributed by atoms with Crippen molar-refractivity contribution >= 4 is 23.4 Å². The summed E-state index contributed by atoms with van der Waals surface area (Å²) in [7, 11) is 0. The zero-order chi connectivity index (χ0) is 20.1. The number of hydrogen-bond donors (Lipinski definition) is 1. The van der Waals surface area contributed by atoms with Crippen LogP contribution in [0.1, 0.15) is 44.1 Å². The van der Waals surface area contributed by atoms with E-state index in [0.717, 1.165) is 19.3 Å². The predicted molar refractivity (Wildman–Crippen MR) is 112 cm³/mol. The molecule has 4 bridgehead atoms. The average molecular weight is 414 g/mol. The highest BCUT2D eigenvalue weighted by Gasteiger charge is 2.60. The van der Waals surface area contributed by atoms with Crippen molar-refractivity contribution < 1.29 is 13.6 Å². The fourth-order valence-electron chi connectivity index (χ4n) is 6.64. The fraction of sp³-hybridized carbons (Fsp3) is 0.458. The van der Waals surface area contributed by atoms with E-state index >= 15 is 0 Å². The summed E-state index contributed by atoms with van der Waals surface area (Å²) in [5.74, 6) is -1.09. The second-order valence-corrected chi connectivity index (χ2v) is 10.3. The Balaban J connectivity index is 1.38. The predicted octanol–water partition coefficient (Wildman–Crippen LogP) is 6.48. The molecule has 5 heteroatoms. The molecule has 2 aromatic rings. The molecule has 0 radical (unpaired) electrons. The lowest BCUT2D eigenvalue weighted by molar-refractivity contribution is -0.143. The van der Waals surface area contributed by atoms with Crippen LogP contribution in [0.15, 0.2) is 59.5 Å². The lowest BCUT2D eigenvalue weighted by Gasteiger charge is -2.61. The van der Waals surface area contributed by atoms with E-state index in [0.29, 0.717) is 34.2 Å².